The number of anilines is 2. The standard InChI is InChI=1S/C32H34ClF2N7O3/c1-3-42(31(43)38-24-8-5-22(33)6-9-24)40-17-15-39(16-18-40)25-10-12-26(13-11-25)45-30-29(41-21-36-20-37-41)32(30,44-4-2)27-14-7-23(34)19-28(27)35/h5-14,19-21,29-30H,3-4,15-18H2,1-2H3,(H,38,43). The summed E-state index contributed by atoms with van der Waals surface area (Å²) < 4.78 is 43.0. The number of nitrogens with one attached hydrogen (secondary N) is 1. The van der Waals surface area contributed by atoms with Crippen molar-refractivity contribution in [2.24, 2.45) is 0 Å². The van der Waals surface area contributed by atoms with Gasteiger partial charge in [-0.15, -0.1) is 0 Å². The molecular weight excluding hydrogens is 604 g/mol. The van der Waals surface area contributed by atoms with Gasteiger partial charge in [0.2, 0.25) is 0 Å². The molecule has 236 valence electrons. The monoisotopic (exact) mass is 637 g/mol. The van der Waals surface area contributed by atoms with Crippen LogP contribution in [0.25, 0.3) is 0 Å². The van der Waals surface area contributed by atoms with E-state index in [0.29, 0.717) is 36.1 Å². The number of rotatable bonds is 10. The minimum absolute atomic E-state index is 0.192. The van der Waals surface area contributed by atoms with Crippen LogP contribution in [0, 0.1) is 11.6 Å². The zero-order chi connectivity index (χ0) is 31.6. The van der Waals surface area contributed by atoms with E-state index < -0.39 is 29.4 Å². The lowest BCUT2D eigenvalue weighted by Crippen LogP contribution is -2.56. The van der Waals surface area contributed by atoms with Crippen molar-refractivity contribution in [2.75, 3.05) is 49.5 Å². The van der Waals surface area contributed by atoms with E-state index in [1.165, 1.54) is 24.8 Å². The van der Waals surface area contributed by atoms with Crippen molar-refractivity contribution in [3.8, 4) is 5.75 Å². The highest BCUT2D eigenvalue weighted by Gasteiger charge is 2.72. The van der Waals surface area contributed by atoms with Crippen LogP contribution in [0.4, 0.5) is 25.0 Å². The molecule has 3 unspecified atom stereocenters. The number of carbonyl (C=O) groups is 1. The number of hydrogen-bond acceptors (Lipinski definition) is 7. The van der Waals surface area contributed by atoms with Crippen LogP contribution in [-0.4, -0.2) is 76.2 Å². The quantitative estimate of drug-likeness (QED) is 0.237. The largest absolute Gasteiger partial charge is 0.485 e. The van der Waals surface area contributed by atoms with Crippen molar-refractivity contribution in [2.45, 2.75) is 31.6 Å². The molecule has 2 aliphatic rings. The summed E-state index contributed by atoms with van der Waals surface area (Å²) in [5, 5.41) is 11.6. The second-order valence-corrected chi connectivity index (χ2v) is 11.2. The van der Waals surface area contributed by atoms with Crippen molar-refractivity contribution in [1.29, 1.82) is 0 Å². The van der Waals surface area contributed by atoms with E-state index in [2.05, 4.69) is 25.3 Å². The predicted molar refractivity (Wildman–Crippen MR) is 166 cm³/mol. The number of halogens is 3. The van der Waals surface area contributed by atoms with Crippen LogP contribution in [0.5, 0.6) is 5.75 Å². The first-order valence-corrected chi connectivity index (χ1v) is 15.3. The van der Waals surface area contributed by atoms with Crippen LogP contribution < -0.4 is 15.0 Å². The van der Waals surface area contributed by atoms with E-state index in [4.69, 9.17) is 21.1 Å². The van der Waals surface area contributed by atoms with Gasteiger partial charge in [0.05, 0.1) is 0 Å². The van der Waals surface area contributed by atoms with E-state index in [-0.39, 0.29) is 18.2 Å². The number of nitrogens with zero attached hydrogens (tertiary/aromatic N) is 6. The zero-order valence-corrected chi connectivity index (χ0v) is 25.7. The summed E-state index contributed by atoms with van der Waals surface area (Å²) >= 11 is 5.96. The van der Waals surface area contributed by atoms with Crippen LogP contribution in [-0.2, 0) is 10.3 Å². The molecule has 1 saturated heterocycles. The summed E-state index contributed by atoms with van der Waals surface area (Å²) in [5.74, 6) is -0.802. The predicted octanol–water partition coefficient (Wildman–Crippen LogP) is 5.74. The molecule has 2 fully saturated rings. The lowest BCUT2D eigenvalue weighted by atomic mass is 10.1. The molecule has 4 aromatic rings. The molecule has 1 N–H and O–H groups in total. The van der Waals surface area contributed by atoms with Crippen LogP contribution in [0.3, 0.4) is 0 Å². The normalized spacial score (nSPS) is 21.4. The van der Waals surface area contributed by atoms with Gasteiger partial charge in [0, 0.05) is 67.4 Å². The Morgan fingerprint density at radius 2 is 1.78 bits per heavy atom. The summed E-state index contributed by atoms with van der Waals surface area (Å²) in [6.45, 7) is 7.36. The van der Waals surface area contributed by atoms with Gasteiger partial charge in [-0.1, -0.05) is 17.7 Å². The number of aromatic nitrogens is 3. The summed E-state index contributed by atoms with van der Waals surface area (Å²) in [7, 11) is 0. The molecule has 1 aliphatic heterocycles. The first-order valence-electron chi connectivity index (χ1n) is 14.9. The van der Waals surface area contributed by atoms with Gasteiger partial charge in [0.25, 0.3) is 0 Å². The topological polar surface area (TPSA) is 88.0 Å². The maximum Gasteiger partial charge on any atom is 0.336 e. The first kappa shape index (κ1) is 30.8. The summed E-state index contributed by atoms with van der Waals surface area (Å²) in [5.41, 5.74) is 0.692. The Bertz CT molecular complexity index is 1600. The Balaban J connectivity index is 1.11. The number of ether oxygens (including phenoxy) is 2. The fourth-order valence-corrected chi connectivity index (χ4v) is 6.17. The number of amides is 2. The highest BCUT2D eigenvalue weighted by atomic mass is 35.5. The van der Waals surface area contributed by atoms with E-state index >= 15 is 4.39 Å². The van der Waals surface area contributed by atoms with Crippen LogP contribution in [0.2, 0.25) is 5.02 Å². The van der Waals surface area contributed by atoms with E-state index in [0.717, 1.165) is 24.8 Å². The Labute approximate surface area is 265 Å². The van der Waals surface area contributed by atoms with Crippen molar-refractivity contribution >= 4 is 29.0 Å². The lowest BCUT2D eigenvalue weighted by Gasteiger charge is -2.41. The molecular formula is C32H34ClF2N7O3. The van der Waals surface area contributed by atoms with Crippen molar-refractivity contribution in [1.82, 2.24) is 24.8 Å². The molecule has 1 saturated carbocycles. The number of hydrogen-bond donors (Lipinski definition) is 1. The average molecular weight is 638 g/mol. The van der Waals surface area contributed by atoms with E-state index in [1.807, 2.05) is 38.1 Å². The SMILES string of the molecule is CCOC1(c2ccc(F)cc2F)C(Oc2ccc(N3CCN(N(CC)C(=O)Nc4ccc(Cl)cc4)CC3)cc2)C1n1cncn1. The molecule has 2 amide bonds. The van der Waals surface area contributed by atoms with Gasteiger partial charge in [-0.25, -0.2) is 28.3 Å². The molecule has 13 heteroatoms. The summed E-state index contributed by atoms with van der Waals surface area (Å²) in [6, 6.07) is 17.5. The zero-order valence-electron chi connectivity index (χ0n) is 24.9. The van der Waals surface area contributed by atoms with Gasteiger partial charge in [-0.3, -0.25) is 5.01 Å². The minimum Gasteiger partial charge on any atom is -0.485 e. The van der Waals surface area contributed by atoms with Crippen LogP contribution in [0.15, 0.2) is 79.4 Å². The van der Waals surface area contributed by atoms with E-state index in [1.54, 1.807) is 34.0 Å². The molecule has 3 atom stereocenters. The van der Waals surface area contributed by atoms with Gasteiger partial charge >= 0.3 is 6.03 Å². The molecule has 1 aromatic heterocycles. The third-order valence-corrected chi connectivity index (χ3v) is 8.44. The van der Waals surface area contributed by atoms with Crippen LogP contribution >= 0.6 is 11.6 Å². The Hall–Kier alpha value is -4.26. The second kappa shape index (κ2) is 13.0. The highest BCUT2D eigenvalue weighted by Crippen LogP contribution is 2.60. The fourth-order valence-electron chi connectivity index (χ4n) is 6.04. The Kier molecular flexibility index (Phi) is 8.88. The molecule has 0 radical (unpaired) electrons. The van der Waals surface area contributed by atoms with E-state index in [9.17, 15) is 9.18 Å². The molecule has 0 bridgehead atoms. The molecule has 2 heterocycles. The summed E-state index contributed by atoms with van der Waals surface area (Å²) in [4.78, 5) is 19.3. The lowest BCUT2D eigenvalue weighted by molar-refractivity contribution is 0.000510. The van der Waals surface area contributed by atoms with Crippen molar-refractivity contribution in [3.63, 3.8) is 0 Å². The van der Waals surface area contributed by atoms with Gasteiger partial charge in [0.1, 0.15) is 36.1 Å². The van der Waals surface area contributed by atoms with Gasteiger partial charge in [-0.05, 0) is 68.4 Å². The molecule has 1 aliphatic carbocycles. The van der Waals surface area contributed by atoms with Gasteiger partial charge in [0.15, 0.2) is 11.7 Å². The molecule has 6 rings (SSSR count). The molecule has 45 heavy (non-hydrogen) atoms. The first-order chi connectivity index (χ1) is 21.8. The smallest absolute Gasteiger partial charge is 0.336 e. The van der Waals surface area contributed by atoms with Gasteiger partial charge in [-0.2, -0.15) is 5.10 Å². The molecule has 0 spiro atoms. The number of carbonyl (C=O) groups excluding carboxylic acids is 1. The molecule has 3 aromatic carbocycles. The number of benzene rings is 3. The number of urea groups is 1. The third kappa shape index (κ3) is 6.18. The fraction of sp³-hybridized carbons (Fsp3) is 0.344. The van der Waals surface area contributed by atoms with Crippen LogP contribution in [0.1, 0.15) is 25.5 Å². The number of hydrazine groups is 1. The maximum absolute atomic E-state index is 15.1. The number of piperazine rings is 1. The highest BCUT2D eigenvalue weighted by molar-refractivity contribution is 6.30. The Morgan fingerprint density at radius 3 is 2.40 bits per heavy atom. The second-order valence-electron chi connectivity index (χ2n) is 10.8. The van der Waals surface area contributed by atoms with Crippen molar-refractivity contribution in [3.05, 3.63) is 102 Å². The third-order valence-electron chi connectivity index (χ3n) is 8.19. The summed E-state index contributed by atoms with van der Waals surface area (Å²) in [6.07, 6.45) is 2.30. The minimum atomic E-state index is -1.21. The average Bonchev–Trinajstić information content (AvgIpc) is 3.34. The van der Waals surface area contributed by atoms with Crippen molar-refractivity contribution < 1.29 is 23.0 Å². The molecule has 10 nitrogen and oxygen atoms in total. The Morgan fingerprint density at radius 1 is 1.04 bits per heavy atom. The van der Waals surface area contributed by atoms with Gasteiger partial charge < -0.3 is 19.7 Å². The maximum atomic E-state index is 15.1.